The highest BCUT2D eigenvalue weighted by Crippen LogP contribution is 2.21. The summed E-state index contributed by atoms with van der Waals surface area (Å²) in [4.78, 5) is 17.4. The lowest BCUT2D eigenvalue weighted by Gasteiger charge is -2.40. The molecule has 0 amide bonds. The number of hydrogen-bond donors (Lipinski definition) is 0. The first-order chi connectivity index (χ1) is 15.2. The molecule has 0 bridgehead atoms. The van der Waals surface area contributed by atoms with Crippen LogP contribution in [0, 0.1) is 5.82 Å². The molecule has 4 rings (SSSR count). The Morgan fingerprint density at radius 2 is 1.61 bits per heavy atom. The molecular formula is C26H31FN2O2. The Bertz CT molecular complexity index is 865. The molecule has 0 saturated carbocycles. The molecule has 2 aromatic rings. The molecule has 0 spiro atoms. The predicted molar refractivity (Wildman–Crippen MR) is 121 cm³/mol. The van der Waals surface area contributed by atoms with Gasteiger partial charge < -0.3 is 14.5 Å². The number of carbonyl (C=O) groups is 1. The number of nitrogens with zero attached hydrogens (tertiary/aromatic N) is 2. The van der Waals surface area contributed by atoms with Crippen LogP contribution < -0.4 is 4.74 Å². The Morgan fingerprint density at radius 3 is 2.29 bits per heavy atom. The fourth-order valence-corrected chi connectivity index (χ4v) is 4.42. The van der Waals surface area contributed by atoms with E-state index < -0.39 is 0 Å². The zero-order valence-electron chi connectivity index (χ0n) is 18.0. The maximum absolute atomic E-state index is 13.0. The van der Waals surface area contributed by atoms with Gasteiger partial charge in [0.25, 0.3) is 0 Å². The van der Waals surface area contributed by atoms with E-state index in [9.17, 15) is 9.18 Å². The largest absolute Gasteiger partial charge is 0.489 e. The van der Waals surface area contributed by atoms with Gasteiger partial charge in [0, 0.05) is 37.0 Å². The van der Waals surface area contributed by atoms with Crippen molar-refractivity contribution in [3.63, 3.8) is 0 Å². The summed E-state index contributed by atoms with van der Waals surface area (Å²) in [5.41, 5.74) is 1.54. The van der Waals surface area contributed by atoms with E-state index >= 15 is 0 Å². The Labute approximate surface area is 184 Å². The second-order valence-corrected chi connectivity index (χ2v) is 8.48. The van der Waals surface area contributed by atoms with E-state index in [0.29, 0.717) is 24.0 Å². The van der Waals surface area contributed by atoms with Crippen LogP contribution in [0.5, 0.6) is 5.75 Å². The number of likely N-dealkylation sites (tertiary alicyclic amines) is 2. The second-order valence-electron chi connectivity index (χ2n) is 8.48. The average Bonchev–Trinajstić information content (AvgIpc) is 2.83. The van der Waals surface area contributed by atoms with Crippen molar-refractivity contribution in [1.29, 1.82) is 0 Å². The zero-order valence-corrected chi connectivity index (χ0v) is 18.0. The third kappa shape index (κ3) is 6.17. The number of piperidine rings is 2. The topological polar surface area (TPSA) is 32.8 Å². The fourth-order valence-electron chi connectivity index (χ4n) is 4.42. The molecule has 4 nitrogen and oxygen atoms in total. The van der Waals surface area contributed by atoms with E-state index in [1.807, 2.05) is 6.20 Å². The van der Waals surface area contributed by atoms with E-state index in [1.165, 1.54) is 57.3 Å². The maximum atomic E-state index is 13.0. The smallest absolute Gasteiger partial charge is 0.187 e. The Morgan fingerprint density at radius 1 is 0.935 bits per heavy atom. The van der Waals surface area contributed by atoms with Crippen LogP contribution >= 0.6 is 0 Å². The van der Waals surface area contributed by atoms with Crippen molar-refractivity contribution in [2.24, 2.45) is 0 Å². The van der Waals surface area contributed by atoms with E-state index in [0.717, 1.165) is 18.7 Å². The third-order valence-electron chi connectivity index (χ3n) is 6.30. The molecule has 0 aliphatic carbocycles. The SMILES string of the molecule is O=C(C=CN1CCC(N2CCCCC2)CC1)c1ccc(OCc2ccc(F)cc2)cc1. The second kappa shape index (κ2) is 10.6. The summed E-state index contributed by atoms with van der Waals surface area (Å²) < 4.78 is 18.7. The van der Waals surface area contributed by atoms with Gasteiger partial charge in [-0.25, -0.2) is 4.39 Å². The maximum Gasteiger partial charge on any atom is 0.187 e. The molecule has 2 fully saturated rings. The number of allylic oxidation sites excluding steroid dienone is 1. The summed E-state index contributed by atoms with van der Waals surface area (Å²) >= 11 is 0. The molecule has 2 aliphatic rings. The molecule has 0 atom stereocenters. The number of carbonyl (C=O) groups excluding carboxylic acids is 1. The molecule has 31 heavy (non-hydrogen) atoms. The highest BCUT2D eigenvalue weighted by molar-refractivity contribution is 6.04. The lowest BCUT2D eigenvalue weighted by atomic mass is 10.00. The van der Waals surface area contributed by atoms with E-state index in [4.69, 9.17) is 4.74 Å². The minimum Gasteiger partial charge on any atom is -0.489 e. The quantitative estimate of drug-likeness (QED) is 0.462. The first-order valence-electron chi connectivity index (χ1n) is 11.4. The number of halogens is 1. The summed E-state index contributed by atoms with van der Waals surface area (Å²) in [7, 11) is 0. The third-order valence-corrected chi connectivity index (χ3v) is 6.30. The van der Waals surface area contributed by atoms with Crippen molar-refractivity contribution in [3.05, 3.63) is 77.8 Å². The average molecular weight is 423 g/mol. The standard InChI is InChI=1S/C26H31FN2O2/c27-23-8-4-21(5-9-23)20-31-25-10-6-22(7-11-25)26(30)14-19-28-17-12-24(13-18-28)29-15-2-1-3-16-29/h4-11,14,19,24H,1-3,12-13,15-18,20H2. The van der Waals surface area contributed by atoms with Gasteiger partial charge in [-0.05, 0) is 80.7 Å². The Hall–Kier alpha value is -2.66. The van der Waals surface area contributed by atoms with Crippen LogP contribution in [0.3, 0.4) is 0 Å². The Balaban J connectivity index is 1.23. The highest BCUT2D eigenvalue weighted by Gasteiger charge is 2.24. The monoisotopic (exact) mass is 422 g/mol. The van der Waals surface area contributed by atoms with Gasteiger partial charge in [0.1, 0.15) is 18.2 Å². The number of benzene rings is 2. The molecule has 164 valence electrons. The molecule has 5 heteroatoms. The molecule has 2 saturated heterocycles. The van der Waals surface area contributed by atoms with Gasteiger partial charge in [-0.1, -0.05) is 18.6 Å². The lowest BCUT2D eigenvalue weighted by molar-refractivity contribution is 0.103. The summed E-state index contributed by atoms with van der Waals surface area (Å²) in [6.45, 7) is 4.90. The van der Waals surface area contributed by atoms with Crippen LogP contribution in [0.4, 0.5) is 4.39 Å². The molecule has 2 aromatic carbocycles. The number of ether oxygens (including phenoxy) is 1. The van der Waals surface area contributed by atoms with Crippen LogP contribution in [0.25, 0.3) is 0 Å². The van der Waals surface area contributed by atoms with Gasteiger partial charge in [-0.2, -0.15) is 0 Å². The predicted octanol–water partition coefficient (Wildman–Crippen LogP) is 5.05. The van der Waals surface area contributed by atoms with Crippen LogP contribution in [-0.4, -0.2) is 47.8 Å². The molecular weight excluding hydrogens is 391 g/mol. The first kappa shape index (κ1) is 21.6. The molecule has 0 radical (unpaired) electrons. The fraction of sp³-hybridized carbons (Fsp3) is 0.423. The van der Waals surface area contributed by atoms with Crippen molar-refractivity contribution >= 4 is 5.78 Å². The molecule has 0 unspecified atom stereocenters. The summed E-state index contributed by atoms with van der Waals surface area (Å²) in [6, 6.07) is 14.1. The summed E-state index contributed by atoms with van der Waals surface area (Å²) in [5, 5.41) is 0. The number of rotatable bonds is 7. The summed E-state index contributed by atoms with van der Waals surface area (Å²) in [5.74, 6) is 0.430. The highest BCUT2D eigenvalue weighted by atomic mass is 19.1. The van der Waals surface area contributed by atoms with Crippen LogP contribution in [0.15, 0.2) is 60.8 Å². The molecule has 2 heterocycles. The first-order valence-corrected chi connectivity index (χ1v) is 11.4. The number of hydrogen-bond acceptors (Lipinski definition) is 4. The van der Waals surface area contributed by atoms with Crippen molar-refractivity contribution in [1.82, 2.24) is 9.80 Å². The molecule has 0 aromatic heterocycles. The van der Waals surface area contributed by atoms with E-state index in [1.54, 1.807) is 42.5 Å². The van der Waals surface area contributed by atoms with Gasteiger partial charge in [0.2, 0.25) is 0 Å². The Kier molecular flexibility index (Phi) is 7.36. The van der Waals surface area contributed by atoms with Gasteiger partial charge in [0.05, 0.1) is 0 Å². The number of ketones is 1. The minimum absolute atomic E-state index is 0.00300. The van der Waals surface area contributed by atoms with Gasteiger partial charge in [-0.15, -0.1) is 0 Å². The normalized spacial score (nSPS) is 18.4. The van der Waals surface area contributed by atoms with E-state index in [-0.39, 0.29) is 11.6 Å². The van der Waals surface area contributed by atoms with Crippen molar-refractivity contribution in [2.75, 3.05) is 26.2 Å². The summed E-state index contributed by atoms with van der Waals surface area (Å²) in [6.07, 6.45) is 10.0. The minimum atomic E-state index is -0.258. The van der Waals surface area contributed by atoms with Gasteiger partial charge >= 0.3 is 0 Å². The van der Waals surface area contributed by atoms with Crippen molar-refractivity contribution in [2.45, 2.75) is 44.8 Å². The van der Waals surface area contributed by atoms with Crippen LogP contribution in [0.2, 0.25) is 0 Å². The van der Waals surface area contributed by atoms with E-state index in [2.05, 4.69) is 9.80 Å². The molecule has 2 aliphatic heterocycles. The van der Waals surface area contributed by atoms with Crippen LogP contribution in [-0.2, 0) is 6.61 Å². The zero-order chi connectivity index (χ0) is 21.5. The van der Waals surface area contributed by atoms with Crippen LogP contribution in [0.1, 0.15) is 48.0 Å². The van der Waals surface area contributed by atoms with Crippen molar-refractivity contribution < 1.29 is 13.9 Å². The van der Waals surface area contributed by atoms with Crippen molar-refractivity contribution in [3.8, 4) is 5.75 Å². The molecule has 0 N–H and O–H groups in total. The van der Waals surface area contributed by atoms with Gasteiger partial charge in [-0.3, -0.25) is 4.79 Å². The lowest BCUT2D eigenvalue weighted by Crippen LogP contribution is -2.45. The van der Waals surface area contributed by atoms with Gasteiger partial charge in [0.15, 0.2) is 5.78 Å².